The summed E-state index contributed by atoms with van der Waals surface area (Å²) in [6, 6.07) is 7.10. The molecule has 0 radical (unpaired) electrons. The van der Waals surface area contributed by atoms with Gasteiger partial charge in [-0.25, -0.2) is 0 Å². The summed E-state index contributed by atoms with van der Waals surface area (Å²) in [7, 11) is 1.60. The number of carbonyl (C=O) groups excluding carboxylic acids is 1. The third kappa shape index (κ3) is 3.00. The standard InChI is InChI=1S/C13H15NO3S/c1-9-5-6-11(17-9)10(8-16-2)14-13(15)12-4-3-7-18-12/h3-7,10H,8H2,1-2H3,(H,14,15). The Balaban J connectivity index is 2.09. The summed E-state index contributed by atoms with van der Waals surface area (Å²) in [5.41, 5.74) is 0. The molecular formula is C13H15NO3S. The summed E-state index contributed by atoms with van der Waals surface area (Å²) in [4.78, 5) is 12.7. The van der Waals surface area contributed by atoms with E-state index >= 15 is 0 Å². The zero-order valence-electron chi connectivity index (χ0n) is 10.3. The molecule has 0 bridgehead atoms. The van der Waals surface area contributed by atoms with Gasteiger partial charge in [0.05, 0.1) is 11.5 Å². The number of aryl methyl sites for hydroxylation is 1. The fourth-order valence-electron chi connectivity index (χ4n) is 1.64. The van der Waals surface area contributed by atoms with Gasteiger partial charge in [-0.05, 0) is 30.5 Å². The summed E-state index contributed by atoms with van der Waals surface area (Å²) >= 11 is 1.41. The van der Waals surface area contributed by atoms with Crippen LogP contribution in [0.3, 0.4) is 0 Å². The van der Waals surface area contributed by atoms with Crippen LogP contribution in [0, 0.1) is 6.92 Å². The van der Waals surface area contributed by atoms with Gasteiger partial charge >= 0.3 is 0 Å². The third-order valence-corrected chi connectivity index (χ3v) is 3.36. The molecule has 2 aromatic rings. The predicted molar refractivity (Wildman–Crippen MR) is 69.8 cm³/mol. The first-order chi connectivity index (χ1) is 8.70. The minimum absolute atomic E-state index is 0.110. The largest absolute Gasteiger partial charge is 0.464 e. The topological polar surface area (TPSA) is 51.5 Å². The molecule has 0 saturated carbocycles. The van der Waals surface area contributed by atoms with Crippen LogP contribution in [-0.2, 0) is 4.74 Å². The maximum atomic E-state index is 12.0. The highest BCUT2D eigenvalue weighted by molar-refractivity contribution is 7.12. The maximum absolute atomic E-state index is 12.0. The number of furan rings is 1. The lowest BCUT2D eigenvalue weighted by Crippen LogP contribution is -2.30. The summed E-state index contributed by atoms with van der Waals surface area (Å²) in [6.45, 7) is 2.25. The molecule has 1 N–H and O–H groups in total. The van der Waals surface area contributed by atoms with Gasteiger partial charge in [0.15, 0.2) is 0 Å². The lowest BCUT2D eigenvalue weighted by Gasteiger charge is -2.15. The number of carbonyl (C=O) groups is 1. The van der Waals surface area contributed by atoms with Crippen LogP contribution in [-0.4, -0.2) is 19.6 Å². The molecule has 1 atom stereocenters. The Hall–Kier alpha value is -1.59. The Morgan fingerprint density at radius 3 is 2.89 bits per heavy atom. The summed E-state index contributed by atoms with van der Waals surface area (Å²) in [5, 5.41) is 4.77. The molecule has 18 heavy (non-hydrogen) atoms. The fourth-order valence-corrected chi connectivity index (χ4v) is 2.27. The van der Waals surface area contributed by atoms with Gasteiger partial charge in [0.25, 0.3) is 5.91 Å². The molecule has 1 amide bonds. The monoisotopic (exact) mass is 265 g/mol. The summed E-state index contributed by atoms with van der Waals surface area (Å²) < 4.78 is 10.6. The second-order valence-corrected chi connectivity index (χ2v) is 4.85. The molecule has 0 aromatic carbocycles. The van der Waals surface area contributed by atoms with E-state index in [1.54, 1.807) is 13.2 Å². The van der Waals surface area contributed by atoms with Crippen molar-refractivity contribution in [2.75, 3.05) is 13.7 Å². The summed E-state index contributed by atoms with van der Waals surface area (Å²) in [5.74, 6) is 1.41. The van der Waals surface area contributed by atoms with Crippen LogP contribution in [0.25, 0.3) is 0 Å². The Morgan fingerprint density at radius 2 is 2.33 bits per heavy atom. The van der Waals surface area contributed by atoms with E-state index in [-0.39, 0.29) is 11.9 Å². The number of thiophene rings is 1. The van der Waals surface area contributed by atoms with Gasteiger partial charge < -0.3 is 14.5 Å². The molecule has 0 aliphatic carbocycles. The number of amides is 1. The molecule has 2 heterocycles. The first kappa shape index (κ1) is 12.9. The van der Waals surface area contributed by atoms with Crippen molar-refractivity contribution in [2.24, 2.45) is 0 Å². The molecule has 96 valence electrons. The van der Waals surface area contributed by atoms with Gasteiger partial charge in [0.2, 0.25) is 0 Å². The zero-order valence-corrected chi connectivity index (χ0v) is 11.1. The van der Waals surface area contributed by atoms with E-state index in [0.717, 1.165) is 5.76 Å². The fraction of sp³-hybridized carbons (Fsp3) is 0.308. The number of rotatable bonds is 5. The number of hydrogen-bond donors (Lipinski definition) is 1. The number of ether oxygens (including phenoxy) is 1. The first-order valence-electron chi connectivity index (χ1n) is 5.60. The molecule has 0 saturated heterocycles. The van der Waals surface area contributed by atoms with Crippen LogP contribution >= 0.6 is 11.3 Å². The minimum atomic E-state index is -0.265. The highest BCUT2D eigenvalue weighted by Gasteiger charge is 2.19. The van der Waals surface area contributed by atoms with Crippen LogP contribution in [0.1, 0.15) is 27.2 Å². The second-order valence-electron chi connectivity index (χ2n) is 3.91. The van der Waals surface area contributed by atoms with Gasteiger partial charge in [-0.2, -0.15) is 0 Å². The maximum Gasteiger partial charge on any atom is 0.262 e. The average molecular weight is 265 g/mol. The predicted octanol–water partition coefficient (Wildman–Crippen LogP) is 2.77. The van der Waals surface area contributed by atoms with Crippen molar-refractivity contribution in [1.82, 2.24) is 5.32 Å². The normalized spacial score (nSPS) is 12.3. The van der Waals surface area contributed by atoms with Crippen molar-refractivity contribution in [3.63, 3.8) is 0 Å². The Morgan fingerprint density at radius 1 is 1.50 bits per heavy atom. The molecule has 0 aliphatic heterocycles. The molecule has 0 spiro atoms. The number of methoxy groups -OCH3 is 1. The quantitative estimate of drug-likeness (QED) is 0.904. The van der Waals surface area contributed by atoms with Crippen LogP contribution in [0.2, 0.25) is 0 Å². The van der Waals surface area contributed by atoms with Crippen molar-refractivity contribution in [3.05, 3.63) is 46.0 Å². The van der Waals surface area contributed by atoms with Gasteiger partial charge in [0.1, 0.15) is 17.6 Å². The van der Waals surface area contributed by atoms with E-state index in [1.807, 2.05) is 30.5 Å². The number of hydrogen-bond acceptors (Lipinski definition) is 4. The molecule has 1 unspecified atom stereocenters. The van der Waals surface area contributed by atoms with E-state index in [1.165, 1.54) is 11.3 Å². The Kier molecular flexibility index (Phi) is 4.17. The molecular weight excluding hydrogens is 250 g/mol. The highest BCUT2D eigenvalue weighted by Crippen LogP contribution is 2.18. The highest BCUT2D eigenvalue weighted by atomic mass is 32.1. The third-order valence-electron chi connectivity index (χ3n) is 2.49. The van der Waals surface area contributed by atoms with Gasteiger partial charge in [-0.3, -0.25) is 4.79 Å². The van der Waals surface area contributed by atoms with Crippen LogP contribution in [0.15, 0.2) is 34.1 Å². The smallest absolute Gasteiger partial charge is 0.262 e. The van der Waals surface area contributed by atoms with Crippen molar-refractivity contribution in [2.45, 2.75) is 13.0 Å². The van der Waals surface area contributed by atoms with Gasteiger partial charge in [-0.15, -0.1) is 11.3 Å². The van der Waals surface area contributed by atoms with Crippen LogP contribution in [0.4, 0.5) is 0 Å². The van der Waals surface area contributed by atoms with E-state index in [0.29, 0.717) is 17.2 Å². The van der Waals surface area contributed by atoms with Crippen LogP contribution in [0.5, 0.6) is 0 Å². The zero-order chi connectivity index (χ0) is 13.0. The van der Waals surface area contributed by atoms with Crippen molar-refractivity contribution in [1.29, 1.82) is 0 Å². The second kappa shape index (κ2) is 5.84. The summed E-state index contributed by atoms with van der Waals surface area (Å²) in [6.07, 6.45) is 0. The molecule has 0 aliphatic rings. The molecule has 0 fully saturated rings. The first-order valence-corrected chi connectivity index (χ1v) is 6.48. The van der Waals surface area contributed by atoms with Crippen molar-refractivity contribution < 1.29 is 13.9 Å². The lowest BCUT2D eigenvalue weighted by molar-refractivity contribution is 0.0886. The van der Waals surface area contributed by atoms with Crippen molar-refractivity contribution in [3.8, 4) is 0 Å². The molecule has 2 rings (SSSR count). The number of nitrogens with one attached hydrogen (secondary N) is 1. The lowest BCUT2D eigenvalue weighted by atomic mass is 10.2. The molecule has 4 nitrogen and oxygen atoms in total. The van der Waals surface area contributed by atoms with Crippen LogP contribution < -0.4 is 5.32 Å². The van der Waals surface area contributed by atoms with E-state index in [4.69, 9.17) is 9.15 Å². The van der Waals surface area contributed by atoms with Crippen molar-refractivity contribution >= 4 is 17.2 Å². The Bertz CT molecular complexity index is 504. The van der Waals surface area contributed by atoms with E-state index < -0.39 is 0 Å². The minimum Gasteiger partial charge on any atom is -0.464 e. The molecule has 2 aromatic heterocycles. The van der Waals surface area contributed by atoms with E-state index in [9.17, 15) is 4.79 Å². The Labute approximate surface area is 110 Å². The van der Waals surface area contributed by atoms with Gasteiger partial charge in [-0.1, -0.05) is 6.07 Å². The SMILES string of the molecule is COCC(NC(=O)c1cccs1)c1ccc(C)o1. The van der Waals surface area contributed by atoms with E-state index in [2.05, 4.69) is 5.32 Å². The average Bonchev–Trinajstić information content (AvgIpc) is 2.98. The molecule has 5 heteroatoms. The van der Waals surface area contributed by atoms with Gasteiger partial charge in [0, 0.05) is 7.11 Å².